The smallest absolute Gasteiger partial charge is 0.132 e. The molecule has 0 saturated carbocycles. The van der Waals surface area contributed by atoms with Gasteiger partial charge >= 0.3 is 0 Å². The minimum Gasteiger partial charge on any atom is -0.383 e. The predicted molar refractivity (Wildman–Crippen MR) is 82.4 cm³/mol. The summed E-state index contributed by atoms with van der Waals surface area (Å²) in [5, 5.41) is 4.47. The summed E-state index contributed by atoms with van der Waals surface area (Å²) in [6.45, 7) is 8.72. The number of nitrogens with zero attached hydrogens (tertiary/aromatic N) is 4. The Hall–Kier alpha value is -2.04. The first-order chi connectivity index (χ1) is 9.62. The van der Waals surface area contributed by atoms with Crippen LogP contribution in [0.15, 0.2) is 18.9 Å². The van der Waals surface area contributed by atoms with Crippen LogP contribution in [0.4, 0.5) is 5.82 Å². The molecule has 2 heterocycles. The van der Waals surface area contributed by atoms with Gasteiger partial charge in [0, 0.05) is 31.8 Å². The number of hydrogen-bond acceptors (Lipinski definition) is 3. The lowest BCUT2D eigenvalue weighted by atomic mass is 10.1. The summed E-state index contributed by atoms with van der Waals surface area (Å²) < 4.78 is 3.86. The van der Waals surface area contributed by atoms with Crippen molar-refractivity contribution in [3.63, 3.8) is 0 Å². The molecule has 0 unspecified atom stereocenters. The van der Waals surface area contributed by atoms with Gasteiger partial charge in [-0.3, -0.25) is 4.68 Å². The third-order valence-corrected chi connectivity index (χ3v) is 3.37. The number of nitrogens with two attached hydrogens (primary N) is 1. The van der Waals surface area contributed by atoms with Crippen LogP contribution in [0.1, 0.15) is 31.8 Å². The molecule has 5 nitrogen and oxygen atoms in total. The van der Waals surface area contributed by atoms with Crippen molar-refractivity contribution in [2.75, 3.05) is 5.73 Å². The molecule has 0 aliphatic carbocycles. The molecular formula is C15H23N5. The summed E-state index contributed by atoms with van der Waals surface area (Å²) in [6, 6.07) is 0. The molecule has 2 rings (SSSR count). The van der Waals surface area contributed by atoms with E-state index < -0.39 is 0 Å². The van der Waals surface area contributed by atoms with Crippen molar-refractivity contribution in [2.45, 2.75) is 39.7 Å². The zero-order valence-electron chi connectivity index (χ0n) is 12.6. The third-order valence-electron chi connectivity index (χ3n) is 3.37. The number of allylic oxidation sites excluding steroid dienone is 1. The quantitative estimate of drug-likeness (QED) is 0.823. The number of anilines is 1. The van der Waals surface area contributed by atoms with E-state index in [1.165, 1.54) is 0 Å². The molecule has 108 valence electrons. The van der Waals surface area contributed by atoms with Gasteiger partial charge in [0.05, 0.1) is 5.69 Å². The first-order valence-corrected chi connectivity index (χ1v) is 7.10. The number of hydrogen-bond donors (Lipinski definition) is 1. The van der Waals surface area contributed by atoms with Crippen LogP contribution in [0.3, 0.4) is 0 Å². The highest BCUT2D eigenvalue weighted by atomic mass is 15.3. The second kappa shape index (κ2) is 5.94. The van der Waals surface area contributed by atoms with E-state index in [0.29, 0.717) is 12.4 Å². The molecule has 0 bridgehead atoms. The van der Waals surface area contributed by atoms with Gasteiger partial charge in [-0.15, -0.1) is 6.58 Å². The van der Waals surface area contributed by atoms with Crippen molar-refractivity contribution in [3.8, 4) is 11.3 Å². The maximum absolute atomic E-state index is 6.30. The van der Waals surface area contributed by atoms with E-state index in [9.17, 15) is 0 Å². The van der Waals surface area contributed by atoms with E-state index in [1.54, 1.807) is 0 Å². The van der Waals surface area contributed by atoms with Gasteiger partial charge in [-0.1, -0.05) is 19.9 Å². The van der Waals surface area contributed by atoms with Crippen LogP contribution in [0, 0.1) is 0 Å². The Morgan fingerprint density at radius 3 is 2.75 bits per heavy atom. The second-order valence-corrected chi connectivity index (χ2v) is 4.93. The van der Waals surface area contributed by atoms with Crippen LogP contribution in [0.5, 0.6) is 0 Å². The van der Waals surface area contributed by atoms with Gasteiger partial charge in [-0.05, 0) is 12.8 Å². The van der Waals surface area contributed by atoms with Gasteiger partial charge in [0.2, 0.25) is 0 Å². The summed E-state index contributed by atoms with van der Waals surface area (Å²) in [5.74, 6) is 1.72. The first-order valence-electron chi connectivity index (χ1n) is 7.10. The zero-order valence-corrected chi connectivity index (χ0v) is 12.6. The van der Waals surface area contributed by atoms with Gasteiger partial charge in [0.1, 0.15) is 17.3 Å². The van der Waals surface area contributed by atoms with Gasteiger partial charge < -0.3 is 10.3 Å². The van der Waals surface area contributed by atoms with Crippen LogP contribution >= 0.6 is 0 Å². The first kappa shape index (κ1) is 14.4. The third kappa shape index (κ3) is 2.48. The Bertz CT molecular complexity index is 606. The Kier molecular flexibility index (Phi) is 4.27. The van der Waals surface area contributed by atoms with E-state index in [-0.39, 0.29) is 0 Å². The lowest BCUT2D eigenvalue weighted by Gasteiger charge is -2.05. The van der Waals surface area contributed by atoms with Crippen molar-refractivity contribution in [3.05, 3.63) is 30.4 Å². The minimum atomic E-state index is 0.690. The highest BCUT2D eigenvalue weighted by molar-refractivity contribution is 5.72. The SMILES string of the molecule is C=CCn1c(CCC)nc(-c2cn(C)nc2CC)c1N. The zero-order chi connectivity index (χ0) is 14.7. The molecule has 0 spiro atoms. The fourth-order valence-electron chi connectivity index (χ4n) is 2.45. The van der Waals surface area contributed by atoms with E-state index in [4.69, 9.17) is 10.7 Å². The van der Waals surface area contributed by atoms with Crippen LogP contribution in [-0.2, 0) is 26.4 Å². The van der Waals surface area contributed by atoms with Crippen molar-refractivity contribution in [2.24, 2.45) is 7.05 Å². The van der Waals surface area contributed by atoms with E-state index >= 15 is 0 Å². The lowest BCUT2D eigenvalue weighted by molar-refractivity contribution is 0.724. The standard InChI is InChI=1S/C15H23N5/c1-5-8-13-17-14(15(16)20(13)9-6-2)11-10-19(4)18-12(11)7-3/h6,10H,2,5,7-9,16H2,1,3-4H3. The average Bonchev–Trinajstić information content (AvgIpc) is 2.93. The van der Waals surface area contributed by atoms with Gasteiger partial charge in [-0.25, -0.2) is 4.98 Å². The van der Waals surface area contributed by atoms with Gasteiger partial charge in [0.25, 0.3) is 0 Å². The Morgan fingerprint density at radius 2 is 2.15 bits per heavy atom. The number of imidazole rings is 1. The number of aromatic nitrogens is 4. The van der Waals surface area contributed by atoms with Crippen molar-refractivity contribution < 1.29 is 0 Å². The van der Waals surface area contributed by atoms with Gasteiger partial charge in [0.15, 0.2) is 0 Å². The van der Waals surface area contributed by atoms with Gasteiger partial charge in [-0.2, -0.15) is 5.10 Å². The molecule has 0 atom stereocenters. The maximum Gasteiger partial charge on any atom is 0.132 e. The molecule has 2 aromatic heterocycles. The Balaban J connectivity index is 2.56. The normalized spacial score (nSPS) is 10.9. The Labute approximate surface area is 120 Å². The van der Waals surface area contributed by atoms with E-state index in [1.807, 2.05) is 28.6 Å². The number of aryl methyl sites for hydroxylation is 3. The monoisotopic (exact) mass is 273 g/mol. The summed E-state index contributed by atoms with van der Waals surface area (Å²) in [7, 11) is 1.92. The summed E-state index contributed by atoms with van der Waals surface area (Å²) in [4.78, 5) is 4.75. The number of nitrogen functional groups attached to an aromatic ring is 1. The lowest BCUT2D eigenvalue weighted by Crippen LogP contribution is -2.05. The molecule has 2 aromatic rings. The van der Waals surface area contributed by atoms with E-state index in [0.717, 1.165) is 42.0 Å². The molecule has 0 fully saturated rings. The van der Waals surface area contributed by atoms with Crippen molar-refractivity contribution in [1.82, 2.24) is 19.3 Å². The fourth-order valence-corrected chi connectivity index (χ4v) is 2.45. The maximum atomic E-state index is 6.30. The van der Waals surface area contributed by atoms with Crippen molar-refractivity contribution in [1.29, 1.82) is 0 Å². The topological polar surface area (TPSA) is 61.7 Å². The summed E-state index contributed by atoms with van der Waals surface area (Å²) >= 11 is 0. The van der Waals surface area contributed by atoms with Crippen LogP contribution in [0.2, 0.25) is 0 Å². The number of rotatable bonds is 6. The second-order valence-electron chi connectivity index (χ2n) is 4.93. The molecule has 0 aliphatic rings. The Morgan fingerprint density at radius 1 is 1.40 bits per heavy atom. The summed E-state index contributed by atoms with van der Waals surface area (Å²) in [5.41, 5.74) is 9.22. The molecule has 5 heteroatoms. The predicted octanol–water partition coefficient (Wildman–Crippen LogP) is 2.57. The average molecular weight is 273 g/mol. The highest BCUT2D eigenvalue weighted by Crippen LogP contribution is 2.29. The van der Waals surface area contributed by atoms with E-state index in [2.05, 4.69) is 25.5 Å². The molecule has 20 heavy (non-hydrogen) atoms. The van der Waals surface area contributed by atoms with Crippen LogP contribution < -0.4 is 5.73 Å². The minimum absolute atomic E-state index is 0.690. The molecule has 0 radical (unpaired) electrons. The molecule has 0 aliphatic heterocycles. The highest BCUT2D eigenvalue weighted by Gasteiger charge is 2.19. The molecular weight excluding hydrogens is 250 g/mol. The van der Waals surface area contributed by atoms with Crippen LogP contribution in [-0.4, -0.2) is 19.3 Å². The molecule has 0 saturated heterocycles. The summed E-state index contributed by atoms with van der Waals surface area (Å²) in [6.07, 6.45) is 6.67. The fraction of sp³-hybridized carbons (Fsp3) is 0.467. The molecule has 0 aromatic carbocycles. The molecule has 2 N–H and O–H groups in total. The van der Waals surface area contributed by atoms with Crippen LogP contribution in [0.25, 0.3) is 11.3 Å². The van der Waals surface area contributed by atoms with Crippen molar-refractivity contribution >= 4 is 5.82 Å². The largest absolute Gasteiger partial charge is 0.383 e. The molecule has 0 amide bonds.